The molecule has 0 spiro atoms. The zero-order chi connectivity index (χ0) is 15.0. The molecule has 1 aromatic rings. The Bertz CT molecular complexity index is 592. The van der Waals surface area contributed by atoms with Crippen molar-refractivity contribution in [3.05, 3.63) is 11.4 Å². The van der Waals surface area contributed by atoms with Crippen LogP contribution in [0.1, 0.15) is 31.2 Å². The lowest BCUT2D eigenvalue weighted by molar-refractivity contribution is 0.232. The normalized spacial score (nSPS) is 18.3. The fourth-order valence-electron chi connectivity index (χ4n) is 2.69. The summed E-state index contributed by atoms with van der Waals surface area (Å²) in [6.07, 6.45) is 1.97. The number of rotatable bonds is 4. The van der Waals surface area contributed by atoms with Gasteiger partial charge in [-0.3, -0.25) is 4.68 Å². The van der Waals surface area contributed by atoms with Gasteiger partial charge >= 0.3 is 0 Å². The SMILES string of the molecule is Cc1nn(C)c(C)c1S(=O)(=O)NCC1(C)CCNCC1.Cl. The van der Waals surface area contributed by atoms with E-state index in [4.69, 9.17) is 0 Å². The monoisotopic (exact) mass is 336 g/mol. The number of piperidine rings is 1. The predicted molar refractivity (Wildman–Crippen MR) is 85.3 cm³/mol. The maximum atomic E-state index is 12.5. The van der Waals surface area contributed by atoms with E-state index >= 15 is 0 Å². The highest BCUT2D eigenvalue weighted by Crippen LogP contribution is 2.28. The van der Waals surface area contributed by atoms with Gasteiger partial charge in [0.1, 0.15) is 4.90 Å². The van der Waals surface area contributed by atoms with E-state index in [1.54, 1.807) is 25.6 Å². The molecule has 2 N–H and O–H groups in total. The van der Waals surface area contributed by atoms with Crippen LogP contribution >= 0.6 is 12.4 Å². The molecule has 1 aliphatic rings. The van der Waals surface area contributed by atoms with Crippen LogP contribution in [0.5, 0.6) is 0 Å². The summed E-state index contributed by atoms with van der Waals surface area (Å²) >= 11 is 0. The van der Waals surface area contributed by atoms with Crippen molar-refractivity contribution in [3.8, 4) is 0 Å². The first-order valence-corrected chi connectivity index (χ1v) is 8.44. The lowest BCUT2D eigenvalue weighted by atomic mass is 9.81. The first-order chi connectivity index (χ1) is 9.25. The molecule has 0 amide bonds. The second-order valence-corrected chi connectivity index (χ2v) is 7.71. The maximum Gasteiger partial charge on any atom is 0.244 e. The summed E-state index contributed by atoms with van der Waals surface area (Å²) in [7, 11) is -1.73. The van der Waals surface area contributed by atoms with E-state index in [1.165, 1.54) is 0 Å². The lowest BCUT2D eigenvalue weighted by Crippen LogP contribution is -2.43. The third kappa shape index (κ3) is 3.97. The largest absolute Gasteiger partial charge is 0.317 e. The summed E-state index contributed by atoms with van der Waals surface area (Å²) in [6.45, 7) is 8.02. The van der Waals surface area contributed by atoms with Gasteiger partial charge in [-0.2, -0.15) is 5.10 Å². The van der Waals surface area contributed by atoms with Gasteiger partial charge in [0.2, 0.25) is 10.0 Å². The molecule has 122 valence electrons. The Labute approximate surface area is 133 Å². The average Bonchev–Trinajstić information content (AvgIpc) is 2.63. The quantitative estimate of drug-likeness (QED) is 0.864. The number of nitrogens with one attached hydrogen (secondary N) is 2. The van der Waals surface area contributed by atoms with E-state index in [1.807, 2.05) is 0 Å². The molecular weight excluding hydrogens is 312 g/mol. The van der Waals surface area contributed by atoms with E-state index in [0.717, 1.165) is 25.9 Å². The number of aryl methyl sites for hydroxylation is 2. The minimum Gasteiger partial charge on any atom is -0.317 e. The summed E-state index contributed by atoms with van der Waals surface area (Å²) in [6, 6.07) is 0. The first kappa shape index (κ1) is 18.4. The molecule has 0 bridgehead atoms. The predicted octanol–water partition coefficient (Wildman–Crippen LogP) is 1.13. The number of halogens is 1. The smallest absolute Gasteiger partial charge is 0.244 e. The van der Waals surface area contributed by atoms with Crippen molar-refractivity contribution in [2.75, 3.05) is 19.6 Å². The molecule has 1 fully saturated rings. The minimum absolute atomic E-state index is 0. The van der Waals surface area contributed by atoms with Crippen LogP contribution in [-0.4, -0.2) is 37.8 Å². The van der Waals surface area contributed by atoms with E-state index in [9.17, 15) is 8.42 Å². The summed E-state index contributed by atoms with van der Waals surface area (Å²) in [5.41, 5.74) is 1.25. The van der Waals surface area contributed by atoms with E-state index in [-0.39, 0.29) is 17.8 Å². The highest BCUT2D eigenvalue weighted by Gasteiger charge is 2.30. The summed E-state index contributed by atoms with van der Waals surface area (Å²) in [4.78, 5) is 0.317. The second-order valence-electron chi connectivity index (χ2n) is 6.01. The Morgan fingerprint density at radius 2 is 1.90 bits per heavy atom. The van der Waals surface area contributed by atoms with Crippen LogP contribution in [0.4, 0.5) is 0 Å². The van der Waals surface area contributed by atoms with Crippen LogP contribution in [0.25, 0.3) is 0 Å². The van der Waals surface area contributed by atoms with Crippen LogP contribution in [0.3, 0.4) is 0 Å². The van der Waals surface area contributed by atoms with Crippen molar-refractivity contribution < 1.29 is 8.42 Å². The van der Waals surface area contributed by atoms with Gasteiger partial charge in [-0.25, -0.2) is 13.1 Å². The molecule has 2 rings (SSSR count). The van der Waals surface area contributed by atoms with Crippen LogP contribution in [-0.2, 0) is 17.1 Å². The molecule has 1 aromatic heterocycles. The Morgan fingerprint density at radius 1 is 1.33 bits per heavy atom. The highest BCUT2D eigenvalue weighted by atomic mass is 35.5. The number of hydrogen-bond donors (Lipinski definition) is 2. The summed E-state index contributed by atoms with van der Waals surface area (Å²) in [5.74, 6) is 0. The third-order valence-electron chi connectivity index (χ3n) is 4.21. The fourth-order valence-corrected chi connectivity index (χ4v) is 4.33. The van der Waals surface area contributed by atoms with Gasteiger partial charge in [0.15, 0.2) is 0 Å². The molecule has 0 saturated carbocycles. The van der Waals surface area contributed by atoms with Gasteiger partial charge in [0.05, 0.1) is 11.4 Å². The molecule has 0 aliphatic carbocycles. The van der Waals surface area contributed by atoms with Gasteiger partial charge in [-0.15, -0.1) is 12.4 Å². The molecule has 21 heavy (non-hydrogen) atoms. The van der Waals surface area contributed by atoms with Crippen molar-refractivity contribution in [2.24, 2.45) is 12.5 Å². The zero-order valence-corrected chi connectivity index (χ0v) is 14.7. The van der Waals surface area contributed by atoms with E-state index < -0.39 is 10.0 Å². The molecule has 6 nitrogen and oxygen atoms in total. The van der Waals surface area contributed by atoms with E-state index in [2.05, 4.69) is 22.1 Å². The van der Waals surface area contributed by atoms with Gasteiger partial charge in [-0.05, 0) is 45.2 Å². The number of nitrogens with zero attached hydrogens (tertiary/aromatic N) is 2. The molecule has 1 aliphatic heterocycles. The fraction of sp³-hybridized carbons (Fsp3) is 0.769. The molecule has 0 unspecified atom stereocenters. The van der Waals surface area contributed by atoms with Gasteiger partial charge in [-0.1, -0.05) is 6.92 Å². The topological polar surface area (TPSA) is 76.0 Å². The van der Waals surface area contributed by atoms with Gasteiger partial charge in [0.25, 0.3) is 0 Å². The minimum atomic E-state index is -3.49. The van der Waals surface area contributed by atoms with Crippen LogP contribution in [0.15, 0.2) is 4.90 Å². The van der Waals surface area contributed by atoms with Crippen molar-refractivity contribution in [1.82, 2.24) is 19.8 Å². The Balaban J connectivity index is 0.00000220. The molecule has 0 atom stereocenters. The highest BCUT2D eigenvalue weighted by molar-refractivity contribution is 7.89. The second kappa shape index (κ2) is 6.64. The Morgan fingerprint density at radius 3 is 2.38 bits per heavy atom. The molecular formula is C13H25ClN4O2S. The summed E-state index contributed by atoms with van der Waals surface area (Å²) in [5, 5.41) is 7.48. The van der Waals surface area contributed by atoms with Crippen LogP contribution < -0.4 is 10.0 Å². The first-order valence-electron chi connectivity index (χ1n) is 6.96. The number of hydrogen-bond acceptors (Lipinski definition) is 4. The Hall–Kier alpha value is -0.630. The zero-order valence-electron chi connectivity index (χ0n) is 13.1. The molecule has 0 aromatic carbocycles. The molecule has 8 heteroatoms. The Kier molecular flexibility index (Phi) is 5.83. The van der Waals surface area contributed by atoms with Crippen molar-refractivity contribution in [3.63, 3.8) is 0 Å². The van der Waals surface area contributed by atoms with Crippen molar-refractivity contribution in [2.45, 2.75) is 38.5 Å². The molecule has 2 heterocycles. The van der Waals surface area contributed by atoms with Gasteiger partial charge in [0, 0.05) is 13.6 Å². The van der Waals surface area contributed by atoms with Gasteiger partial charge < -0.3 is 5.32 Å². The standard InChI is InChI=1S/C13H24N4O2S.ClH/c1-10-12(11(2)17(4)16-10)20(18,19)15-9-13(3)5-7-14-8-6-13;/h14-15H,5-9H2,1-4H3;1H. The number of sulfonamides is 1. The van der Waals surface area contributed by atoms with Crippen molar-refractivity contribution in [1.29, 1.82) is 0 Å². The third-order valence-corrected chi connectivity index (χ3v) is 5.86. The molecule has 0 radical (unpaired) electrons. The van der Waals surface area contributed by atoms with Crippen LogP contribution in [0.2, 0.25) is 0 Å². The lowest BCUT2D eigenvalue weighted by Gasteiger charge is -2.34. The summed E-state index contributed by atoms with van der Waals surface area (Å²) < 4.78 is 29.4. The number of aromatic nitrogens is 2. The van der Waals surface area contributed by atoms with Crippen molar-refractivity contribution >= 4 is 22.4 Å². The molecule has 1 saturated heterocycles. The maximum absolute atomic E-state index is 12.5. The van der Waals surface area contributed by atoms with E-state index in [0.29, 0.717) is 22.8 Å². The van der Waals surface area contributed by atoms with Crippen LogP contribution in [0, 0.1) is 19.3 Å². The average molecular weight is 337 g/mol.